The monoisotopic (exact) mass is 225 g/mol. The van der Waals surface area contributed by atoms with Crippen molar-refractivity contribution < 1.29 is 0 Å². The van der Waals surface area contributed by atoms with E-state index in [1.807, 2.05) is 0 Å². The third-order valence-corrected chi connectivity index (χ3v) is 4.77. The zero-order valence-electron chi connectivity index (χ0n) is 12.0. The smallest absolute Gasteiger partial charge is 0.000966 e. The predicted molar refractivity (Wildman–Crippen MR) is 72.6 cm³/mol. The molecule has 0 aromatic rings. The number of rotatable bonds is 5. The summed E-state index contributed by atoms with van der Waals surface area (Å²) < 4.78 is 0. The van der Waals surface area contributed by atoms with Gasteiger partial charge in [-0.2, -0.15) is 0 Å². The lowest BCUT2D eigenvalue weighted by molar-refractivity contribution is 0.142. The quantitative estimate of drug-likeness (QED) is 0.682. The van der Waals surface area contributed by atoms with E-state index in [-0.39, 0.29) is 0 Å². The van der Waals surface area contributed by atoms with E-state index in [2.05, 4.69) is 39.5 Å². The zero-order valence-corrected chi connectivity index (χ0v) is 12.0. The van der Waals surface area contributed by atoms with Crippen molar-refractivity contribution in [3.63, 3.8) is 0 Å². The van der Waals surface area contributed by atoms with Crippen molar-refractivity contribution in [3.8, 4) is 0 Å². The minimum Gasteiger partial charge on any atom is -0.303 e. The Balaban J connectivity index is 2.35. The molecule has 96 valence electrons. The first kappa shape index (κ1) is 14.0. The molecule has 0 amide bonds. The summed E-state index contributed by atoms with van der Waals surface area (Å²) in [5, 5.41) is 0. The maximum absolute atomic E-state index is 2.68. The third kappa shape index (κ3) is 4.08. The maximum atomic E-state index is 2.68. The van der Waals surface area contributed by atoms with Crippen molar-refractivity contribution in [1.29, 1.82) is 0 Å². The van der Waals surface area contributed by atoms with Gasteiger partial charge in [-0.15, -0.1) is 0 Å². The Hall–Kier alpha value is -0.0400. The summed E-state index contributed by atoms with van der Waals surface area (Å²) in [5.41, 5.74) is 0. The van der Waals surface area contributed by atoms with E-state index in [9.17, 15) is 0 Å². The van der Waals surface area contributed by atoms with Gasteiger partial charge in [0.1, 0.15) is 0 Å². The third-order valence-electron chi connectivity index (χ3n) is 4.77. The van der Waals surface area contributed by atoms with Gasteiger partial charge in [0, 0.05) is 6.54 Å². The topological polar surface area (TPSA) is 3.24 Å². The van der Waals surface area contributed by atoms with Crippen molar-refractivity contribution in [2.75, 3.05) is 19.6 Å². The van der Waals surface area contributed by atoms with E-state index >= 15 is 0 Å². The molecular weight excluding hydrogens is 194 g/mol. The first-order valence-corrected chi connectivity index (χ1v) is 7.24. The molecule has 0 radical (unpaired) electrons. The molecule has 0 spiro atoms. The van der Waals surface area contributed by atoms with Gasteiger partial charge in [0.05, 0.1) is 0 Å². The van der Waals surface area contributed by atoms with E-state index in [4.69, 9.17) is 0 Å². The number of hydrogen-bond donors (Lipinski definition) is 0. The van der Waals surface area contributed by atoms with Crippen molar-refractivity contribution in [2.24, 2.45) is 23.7 Å². The Morgan fingerprint density at radius 1 is 0.812 bits per heavy atom. The molecular formula is C15H31N. The number of piperidine rings is 1. The molecule has 1 rings (SSSR count). The molecule has 1 heterocycles. The SMILES string of the molecule is CC(C)C(C)C(C)C(C)CN1CCCCC1. The van der Waals surface area contributed by atoms with Gasteiger partial charge in [-0.1, -0.05) is 41.0 Å². The molecule has 3 unspecified atom stereocenters. The fourth-order valence-corrected chi connectivity index (χ4v) is 2.84. The van der Waals surface area contributed by atoms with Crippen molar-refractivity contribution >= 4 is 0 Å². The van der Waals surface area contributed by atoms with Gasteiger partial charge in [0.15, 0.2) is 0 Å². The van der Waals surface area contributed by atoms with E-state index in [0.29, 0.717) is 0 Å². The highest BCUT2D eigenvalue weighted by Crippen LogP contribution is 2.27. The predicted octanol–water partition coefficient (Wildman–Crippen LogP) is 4.04. The van der Waals surface area contributed by atoms with Crippen molar-refractivity contribution in [2.45, 2.75) is 53.9 Å². The molecule has 3 atom stereocenters. The van der Waals surface area contributed by atoms with Gasteiger partial charge in [0.2, 0.25) is 0 Å². The standard InChI is InChI=1S/C15H31N/c1-12(2)14(4)15(5)13(3)11-16-9-7-6-8-10-16/h12-15H,6-11H2,1-5H3. The fourth-order valence-electron chi connectivity index (χ4n) is 2.84. The molecule has 1 heteroatoms. The Kier molecular flexibility index (Phi) is 5.82. The zero-order chi connectivity index (χ0) is 12.1. The summed E-state index contributed by atoms with van der Waals surface area (Å²) in [4.78, 5) is 2.68. The number of likely N-dealkylation sites (tertiary alicyclic amines) is 1. The van der Waals surface area contributed by atoms with Crippen LogP contribution in [0.25, 0.3) is 0 Å². The Morgan fingerprint density at radius 2 is 1.38 bits per heavy atom. The van der Waals surface area contributed by atoms with Gasteiger partial charge in [-0.25, -0.2) is 0 Å². The van der Waals surface area contributed by atoms with Crippen molar-refractivity contribution in [3.05, 3.63) is 0 Å². The van der Waals surface area contributed by atoms with Crippen LogP contribution < -0.4 is 0 Å². The molecule has 1 fully saturated rings. The van der Waals surface area contributed by atoms with Gasteiger partial charge in [-0.05, 0) is 49.6 Å². The summed E-state index contributed by atoms with van der Waals surface area (Å²) in [7, 11) is 0. The van der Waals surface area contributed by atoms with Crippen LogP contribution in [0, 0.1) is 23.7 Å². The molecule has 0 aromatic heterocycles. The molecule has 16 heavy (non-hydrogen) atoms. The first-order chi connectivity index (χ1) is 7.52. The van der Waals surface area contributed by atoms with Crippen LogP contribution in [-0.4, -0.2) is 24.5 Å². The Morgan fingerprint density at radius 3 is 1.88 bits per heavy atom. The molecule has 0 saturated carbocycles. The van der Waals surface area contributed by atoms with Crippen LogP contribution in [0.3, 0.4) is 0 Å². The molecule has 0 bridgehead atoms. The minimum atomic E-state index is 0.818. The van der Waals surface area contributed by atoms with Crippen LogP contribution in [0.1, 0.15) is 53.9 Å². The lowest BCUT2D eigenvalue weighted by Crippen LogP contribution is -2.36. The second-order valence-electron chi connectivity index (χ2n) is 6.30. The highest BCUT2D eigenvalue weighted by atomic mass is 15.1. The number of hydrogen-bond acceptors (Lipinski definition) is 1. The van der Waals surface area contributed by atoms with Crippen LogP contribution >= 0.6 is 0 Å². The Labute approximate surface area is 103 Å². The lowest BCUT2D eigenvalue weighted by atomic mass is 9.79. The molecule has 0 aromatic carbocycles. The second-order valence-corrected chi connectivity index (χ2v) is 6.30. The molecule has 1 nitrogen and oxygen atoms in total. The van der Waals surface area contributed by atoms with Crippen LogP contribution in [-0.2, 0) is 0 Å². The lowest BCUT2D eigenvalue weighted by Gasteiger charge is -2.34. The van der Waals surface area contributed by atoms with Crippen LogP contribution in [0.2, 0.25) is 0 Å². The molecule has 1 saturated heterocycles. The summed E-state index contributed by atoms with van der Waals surface area (Å²) >= 11 is 0. The number of nitrogens with zero attached hydrogens (tertiary/aromatic N) is 1. The van der Waals surface area contributed by atoms with E-state index in [0.717, 1.165) is 23.7 Å². The normalized spacial score (nSPS) is 24.4. The van der Waals surface area contributed by atoms with E-state index < -0.39 is 0 Å². The average Bonchev–Trinajstić information content (AvgIpc) is 2.28. The summed E-state index contributed by atoms with van der Waals surface area (Å²) in [5.74, 6) is 3.36. The maximum Gasteiger partial charge on any atom is 0.000966 e. The second kappa shape index (κ2) is 6.64. The highest BCUT2D eigenvalue weighted by Gasteiger charge is 2.23. The molecule has 0 aliphatic carbocycles. The summed E-state index contributed by atoms with van der Waals surface area (Å²) in [6.45, 7) is 16.0. The summed E-state index contributed by atoms with van der Waals surface area (Å²) in [6.07, 6.45) is 4.28. The minimum absolute atomic E-state index is 0.818. The van der Waals surface area contributed by atoms with Gasteiger partial charge in [-0.3, -0.25) is 0 Å². The Bertz CT molecular complexity index is 182. The molecule has 1 aliphatic rings. The molecule has 1 aliphatic heterocycles. The van der Waals surface area contributed by atoms with E-state index in [1.54, 1.807) is 0 Å². The van der Waals surface area contributed by atoms with Gasteiger partial charge >= 0.3 is 0 Å². The van der Waals surface area contributed by atoms with Crippen molar-refractivity contribution in [1.82, 2.24) is 4.90 Å². The first-order valence-electron chi connectivity index (χ1n) is 7.24. The van der Waals surface area contributed by atoms with E-state index in [1.165, 1.54) is 38.9 Å². The largest absolute Gasteiger partial charge is 0.303 e. The van der Waals surface area contributed by atoms with Gasteiger partial charge < -0.3 is 4.90 Å². The van der Waals surface area contributed by atoms with Crippen LogP contribution in [0.5, 0.6) is 0 Å². The fraction of sp³-hybridized carbons (Fsp3) is 1.00. The van der Waals surface area contributed by atoms with Gasteiger partial charge in [0.25, 0.3) is 0 Å². The van der Waals surface area contributed by atoms with Crippen LogP contribution in [0.15, 0.2) is 0 Å². The highest BCUT2D eigenvalue weighted by molar-refractivity contribution is 4.75. The summed E-state index contributed by atoms with van der Waals surface area (Å²) in [6, 6.07) is 0. The average molecular weight is 225 g/mol. The van der Waals surface area contributed by atoms with Crippen LogP contribution in [0.4, 0.5) is 0 Å². The molecule has 0 N–H and O–H groups in total.